The van der Waals surface area contributed by atoms with Crippen LogP contribution in [0.2, 0.25) is 5.02 Å². The molecule has 0 saturated heterocycles. The lowest BCUT2D eigenvalue weighted by Gasteiger charge is -2.29. The van der Waals surface area contributed by atoms with E-state index >= 15 is 0 Å². The van der Waals surface area contributed by atoms with E-state index in [-0.39, 0.29) is 30.0 Å². The molecule has 2 N–H and O–H groups in total. The Labute approximate surface area is 176 Å². The summed E-state index contributed by atoms with van der Waals surface area (Å²) in [5.74, 6) is -1.89. The van der Waals surface area contributed by atoms with Crippen LogP contribution in [0.5, 0.6) is 0 Å². The molecule has 2 aromatic carbocycles. The summed E-state index contributed by atoms with van der Waals surface area (Å²) in [6, 6.07) is 9.99. The average Bonchev–Trinajstić information content (AvgIpc) is 2.72. The maximum Gasteiger partial charge on any atom is 0.338 e. The summed E-state index contributed by atoms with van der Waals surface area (Å²) in [5.41, 5.74) is 0.919. The largest absolute Gasteiger partial charge is 0.463 e. The zero-order chi connectivity index (χ0) is 21.7. The first-order valence-corrected chi connectivity index (χ1v) is 9.42. The minimum absolute atomic E-state index is 0.0904. The van der Waals surface area contributed by atoms with Gasteiger partial charge >= 0.3 is 18.0 Å². The van der Waals surface area contributed by atoms with Crippen LogP contribution in [0.25, 0.3) is 0 Å². The van der Waals surface area contributed by atoms with Gasteiger partial charge in [-0.15, -0.1) is 0 Å². The van der Waals surface area contributed by atoms with E-state index in [0.29, 0.717) is 10.6 Å². The molecule has 1 aliphatic heterocycles. The van der Waals surface area contributed by atoms with Gasteiger partial charge in [-0.2, -0.15) is 0 Å². The van der Waals surface area contributed by atoms with E-state index in [1.165, 1.54) is 12.1 Å². The standard InChI is InChI=1S/C21H18ClFN2O5/c1-2-29-20(27)17-16(11-30-19(26)13-5-9-15(23)10-6-13)24-21(28)25-18(17)12-3-7-14(22)8-4-12/h3-10,18H,2,11H2,1H3,(H2,24,25,28)/t18-/m0/s1. The maximum absolute atomic E-state index is 13.0. The molecule has 0 aliphatic carbocycles. The zero-order valence-corrected chi connectivity index (χ0v) is 16.7. The molecule has 0 bridgehead atoms. The lowest BCUT2D eigenvalue weighted by atomic mass is 9.95. The number of hydrogen-bond acceptors (Lipinski definition) is 5. The van der Waals surface area contributed by atoms with E-state index in [0.717, 1.165) is 12.1 Å². The quantitative estimate of drug-likeness (QED) is 0.681. The van der Waals surface area contributed by atoms with Crippen LogP contribution in [0.1, 0.15) is 28.9 Å². The van der Waals surface area contributed by atoms with Crippen LogP contribution < -0.4 is 10.6 Å². The third-order valence-corrected chi connectivity index (χ3v) is 4.53. The van der Waals surface area contributed by atoms with E-state index < -0.39 is 29.8 Å². The number of benzene rings is 2. The highest BCUT2D eigenvalue weighted by molar-refractivity contribution is 6.30. The van der Waals surface area contributed by atoms with Crippen molar-refractivity contribution in [2.75, 3.05) is 13.2 Å². The second kappa shape index (κ2) is 9.41. The van der Waals surface area contributed by atoms with Crippen molar-refractivity contribution >= 4 is 29.6 Å². The Kier molecular flexibility index (Phi) is 6.68. The minimum atomic E-state index is -0.824. The predicted octanol–water partition coefficient (Wildman–Crippen LogP) is 3.51. The fourth-order valence-electron chi connectivity index (χ4n) is 2.89. The molecule has 0 saturated carbocycles. The van der Waals surface area contributed by atoms with Gasteiger partial charge in [0.2, 0.25) is 0 Å². The Balaban J connectivity index is 1.91. The molecule has 1 aliphatic rings. The van der Waals surface area contributed by atoms with E-state index in [4.69, 9.17) is 21.1 Å². The number of urea groups is 1. The summed E-state index contributed by atoms with van der Waals surface area (Å²) < 4.78 is 23.4. The Morgan fingerprint density at radius 3 is 2.33 bits per heavy atom. The topological polar surface area (TPSA) is 93.7 Å². The van der Waals surface area contributed by atoms with Crippen LogP contribution in [-0.2, 0) is 14.3 Å². The highest BCUT2D eigenvalue weighted by Gasteiger charge is 2.34. The van der Waals surface area contributed by atoms with E-state index in [1.807, 2.05) is 0 Å². The van der Waals surface area contributed by atoms with Gasteiger partial charge in [0, 0.05) is 5.02 Å². The summed E-state index contributed by atoms with van der Waals surface area (Å²) >= 11 is 5.92. The molecule has 0 radical (unpaired) electrons. The fraction of sp³-hybridized carbons (Fsp3) is 0.190. The molecule has 30 heavy (non-hydrogen) atoms. The monoisotopic (exact) mass is 432 g/mol. The summed E-state index contributed by atoms with van der Waals surface area (Å²) in [7, 11) is 0. The van der Waals surface area contributed by atoms with Crippen LogP contribution >= 0.6 is 11.6 Å². The van der Waals surface area contributed by atoms with Crippen molar-refractivity contribution in [1.29, 1.82) is 0 Å². The second-order valence-electron chi connectivity index (χ2n) is 6.28. The van der Waals surface area contributed by atoms with Gasteiger partial charge in [0.25, 0.3) is 0 Å². The van der Waals surface area contributed by atoms with Gasteiger partial charge in [-0.05, 0) is 48.9 Å². The van der Waals surface area contributed by atoms with Gasteiger partial charge in [0.05, 0.1) is 29.5 Å². The number of carbonyl (C=O) groups excluding carboxylic acids is 3. The number of nitrogens with one attached hydrogen (secondary N) is 2. The Morgan fingerprint density at radius 2 is 1.70 bits per heavy atom. The van der Waals surface area contributed by atoms with Crippen LogP contribution in [0.15, 0.2) is 59.8 Å². The van der Waals surface area contributed by atoms with Crippen molar-refractivity contribution in [3.05, 3.63) is 81.8 Å². The molecule has 0 unspecified atom stereocenters. The van der Waals surface area contributed by atoms with Crippen molar-refractivity contribution in [1.82, 2.24) is 10.6 Å². The predicted molar refractivity (Wildman–Crippen MR) is 106 cm³/mol. The van der Waals surface area contributed by atoms with Gasteiger partial charge < -0.3 is 20.1 Å². The van der Waals surface area contributed by atoms with Gasteiger partial charge in [-0.3, -0.25) is 0 Å². The van der Waals surface area contributed by atoms with Gasteiger partial charge in [0.1, 0.15) is 12.4 Å². The molecule has 7 nitrogen and oxygen atoms in total. The molecule has 0 aromatic heterocycles. The molecular formula is C21H18ClFN2O5. The van der Waals surface area contributed by atoms with Crippen LogP contribution in [-0.4, -0.2) is 31.2 Å². The second-order valence-corrected chi connectivity index (χ2v) is 6.72. The molecule has 3 rings (SSSR count). The molecule has 1 atom stereocenters. The number of rotatable bonds is 6. The summed E-state index contributed by atoms with van der Waals surface area (Å²) in [5, 5.41) is 5.66. The van der Waals surface area contributed by atoms with Gasteiger partial charge in [-0.25, -0.2) is 18.8 Å². The van der Waals surface area contributed by atoms with Crippen LogP contribution in [0.4, 0.5) is 9.18 Å². The third kappa shape index (κ3) is 4.96. The number of carbonyl (C=O) groups is 3. The molecule has 2 amide bonds. The van der Waals surface area contributed by atoms with Crippen LogP contribution in [0.3, 0.4) is 0 Å². The molecule has 1 heterocycles. The number of esters is 2. The normalized spacial score (nSPS) is 15.8. The SMILES string of the molecule is CCOC(=O)C1=C(COC(=O)c2ccc(F)cc2)NC(=O)N[C@H]1c1ccc(Cl)cc1. The summed E-state index contributed by atoms with van der Waals surface area (Å²) in [4.78, 5) is 37.1. The first-order valence-electron chi connectivity index (χ1n) is 9.05. The van der Waals surface area contributed by atoms with Crippen molar-refractivity contribution in [2.24, 2.45) is 0 Å². The number of hydrogen-bond donors (Lipinski definition) is 2. The van der Waals surface area contributed by atoms with Crippen molar-refractivity contribution < 1.29 is 28.2 Å². The molecule has 0 fully saturated rings. The zero-order valence-electron chi connectivity index (χ0n) is 15.9. The number of halogens is 2. The lowest BCUT2D eigenvalue weighted by Crippen LogP contribution is -2.47. The molecular weight excluding hydrogens is 415 g/mol. The van der Waals surface area contributed by atoms with Crippen LogP contribution in [0, 0.1) is 5.82 Å². The van der Waals surface area contributed by atoms with Crippen molar-refractivity contribution in [2.45, 2.75) is 13.0 Å². The fourth-order valence-corrected chi connectivity index (χ4v) is 3.02. The maximum atomic E-state index is 13.0. The molecule has 156 valence electrons. The van der Waals surface area contributed by atoms with Crippen molar-refractivity contribution in [3.8, 4) is 0 Å². The van der Waals surface area contributed by atoms with E-state index in [2.05, 4.69) is 10.6 Å². The smallest absolute Gasteiger partial charge is 0.338 e. The van der Waals surface area contributed by atoms with E-state index in [9.17, 15) is 18.8 Å². The highest BCUT2D eigenvalue weighted by Crippen LogP contribution is 2.29. The Bertz CT molecular complexity index is 989. The number of amides is 2. The summed E-state index contributed by atoms with van der Waals surface area (Å²) in [6.07, 6.45) is 0. The van der Waals surface area contributed by atoms with Crippen molar-refractivity contribution in [3.63, 3.8) is 0 Å². The van der Waals surface area contributed by atoms with E-state index in [1.54, 1.807) is 31.2 Å². The Hall–Kier alpha value is -3.39. The minimum Gasteiger partial charge on any atom is -0.463 e. The van der Waals surface area contributed by atoms with Gasteiger partial charge in [-0.1, -0.05) is 23.7 Å². The third-order valence-electron chi connectivity index (χ3n) is 4.28. The summed E-state index contributed by atoms with van der Waals surface area (Å²) in [6.45, 7) is 1.38. The Morgan fingerprint density at radius 1 is 1.03 bits per heavy atom. The average molecular weight is 433 g/mol. The first kappa shape index (κ1) is 21.3. The molecule has 2 aromatic rings. The number of ether oxygens (including phenoxy) is 2. The van der Waals surface area contributed by atoms with Gasteiger partial charge in [0.15, 0.2) is 0 Å². The molecule has 0 spiro atoms. The first-order chi connectivity index (χ1) is 14.4. The molecule has 9 heteroatoms. The highest BCUT2D eigenvalue weighted by atomic mass is 35.5. The lowest BCUT2D eigenvalue weighted by molar-refractivity contribution is -0.139.